The zero-order valence-electron chi connectivity index (χ0n) is 42.5. The molecule has 374 valence electrons. The van der Waals surface area contributed by atoms with Crippen molar-refractivity contribution in [3.05, 3.63) is 95.0 Å². The van der Waals surface area contributed by atoms with Crippen molar-refractivity contribution in [1.82, 2.24) is 40.0 Å². The number of carbonyl (C=O) groups is 5. The van der Waals surface area contributed by atoms with E-state index in [1.807, 2.05) is 39.3 Å². The Balaban J connectivity index is 1.34. The van der Waals surface area contributed by atoms with Gasteiger partial charge in [0, 0.05) is 81.4 Å². The number of fused-ring (bicyclic) bond motifs is 6. The van der Waals surface area contributed by atoms with Gasteiger partial charge < -0.3 is 39.2 Å². The molecule has 70 heavy (non-hydrogen) atoms. The van der Waals surface area contributed by atoms with E-state index in [2.05, 4.69) is 65.8 Å². The summed E-state index contributed by atoms with van der Waals surface area (Å²) in [7, 11) is 7.27. The van der Waals surface area contributed by atoms with Gasteiger partial charge in [-0.1, -0.05) is 32.6 Å². The summed E-state index contributed by atoms with van der Waals surface area (Å²) in [5, 5.41) is 16.7. The molecule has 4 amide bonds. The van der Waals surface area contributed by atoms with Crippen LogP contribution < -0.4 is 10.7 Å². The summed E-state index contributed by atoms with van der Waals surface area (Å²) in [6.45, 7) is 17.6. The maximum Gasteiger partial charge on any atom is 0.324 e. The van der Waals surface area contributed by atoms with E-state index in [1.165, 1.54) is 23.0 Å². The molecule has 0 radical (unpaired) electrons. The fraction of sp³-hybridized carbons (Fsp3) is 0.481. The lowest BCUT2D eigenvalue weighted by Crippen LogP contribution is -2.60. The van der Waals surface area contributed by atoms with E-state index in [9.17, 15) is 29.1 Å². The smallest absolute Gasteiger partial charge is 0.324 e. The summed E-state index contributed by atoms with van der Waals surface area (Å²) in [5.41, 5.74) is 11.1. The molecule has 0 aliphatic carbocycles. The quantitative estimate of drug-likeness (QED) is 0.114. The normalized spacial score (nSPS) is 19.9. The van der Waals surface area contributed by atoms with E-state index < -0.39 is 41.2 Å². The second-order valence-corrected chi connectivity index (χ2v) is 20.3. The molecule has 16 nitrogen and oxygen atoms in total. The van der Waals surface area contributed by atoms with Crippen molar-refractivity contribution in [3.63, 3.8) is 0 Å². The number of amides is 4. The van der Waals surface area contributed by atoms with Gasteiger partial charge in [0.05, 0.1) is 30.0 Å². The minimum atomic E-state index is -1.21. The Hall–Kier alpha value is -6.36. The molecule has 0 spiro atoms. The first kappa shape index (κ1) is 51.5. The molecule has 6 bridgehead atoms. The van der Waals surface area contributed by atoms with E-state index in [-0.39, 0.29) is 55.5 Å². The zero-order valence-corrected chi connectivity index (χ0v) is 42.5. The maximum atomic E-state index is 14.8. The number of ether oxygens (including phenoxy) is 2. The van der Waals surface area contributed by atoms with E-state index in [0.29, 0.717) is 62.0 Å². The first-order chi connectivity index (χ1) is 33.2. The van der Waals surface area contributed by atoms with Crippen molar-refractivity contribution in [2.45, 2.75) is 105 Å². The van der Waals surface area contributed by atoms with Crippen LogP contribution in [0.2, 0.25) is 0 Å². The van der Waals surface area contributed by atoms with Crippen LogP contribution in [0.15, 0.2) is 72.6 Å². The summed E-state index contributed by atoms with van der Waals surface area (Å²) in [6.07, 6.45) is 4.65. The minimum Gasteiger partial charge on any atom is -0.508 e. The standard InChI is InChI=1S/C54H70N8O8/c1-12-46(64)60-20-18-37(30-60)51(66)59(10)48(32(3)4)50(65)56-44-24-34-21-38(25-39(63)22-34)36-16-17-45-40(26-36)42(27-54(6,7)31-70-53(68)43-15-14-19-62(57-43)52(44)67)49(61(45)13-2)41-23-35(29-58(8)9)28-55-47(41)33(5)69-11/h12,16-17,21-23,25-26,28,33,37,43-44,57,63H,1,13-15,18-20,24,27,29-31H2,2-11H3,(H,56,65)/t33-,37-,43-,44-/m0/s1. The predicted octanol–water partition coefficient (Wildman–Crippen LogP) is 6.30. The van der Waals surface area contributed by atoms with Crippen LogP contribution in [-0.2, 0) is 59.4 Å². The molecule has 2 aromatic carbocycles. The molecule has 3 aliphatic heterocycles. The second kappa shape index (κ2) is 21.3. The average molecular weight is 959 g/mol. The van der Waals surface area contributed by atoms with Crippen LogP contribution in [0.3, 0.4) is 0 Å². The molecule has 4 atom stereocenters. The molecule has 2 aromatic heterocycles. The van der Waals surface area contributed by atoms with Crippen LogP contribution in [0, 0.1) is 11.3 Å². The third kappa shape index (κ3) is 11.0. The van der Waals surface area contributed by atoms with Crippen molar-refractivity contribution in [1.29, 1.82) is 0 Å². The van der Waals surface area contributed by atoms with Crippen LogP contribution in [0.25, 0.3) is 33.3 Å². The number of cyclic esters (lactones) is 1. The Labute approximate surface area is 411 Å². The van der Waals surface area contributed by atoms with Crippen LogP contribution in [0.5, 0.6) is 5.75 Å². The Morgan fingerprint density at radius 1 is 1.07 bits per heavy atom. The van der Waals surface area contributed by atoms with E-state index in [0.717, 1.165) is 44.5 Å². The predicted molar refractivity (Wildman–Crippen MR) is 269 cm³/mol. The SMILES string of the molecule is C=CC(=O)N1CC[C@H](C(=O)N(C)C(C(=O)N[C@H]2Cc3cc(O)cc(c3)-c3ccc4c(c3)c(c(-c3cc(CN(C)C)cnc3[C@H](C)OC)n4CC)CC(C)(C)COC(=O)[C@@H]3CCCN(N3)C2=O)=C(C)C)C1. The number of pyridine rings is 1. The van der Waals surface area contributed by atoms with Crippen molar-refractivity contribution >= 4 is 40.5 Å². The number of aryl methyl sites for hydroxylation is 1. The molecule has 2 saturated heterocycles. The Kier molecular flexibility index (Phi) is 15.7. The Bertz CT molecular complexity index is 2720. The lowest BCUT2D eigenvalue weighted by molar-refractivity contribution is -0.155. The molecule has 3 N–H and O–H groups in total. The number of nitrogens with zero attached hydrogens (tertiary/aromatic N) is 6. The molecule has 0 saturated carbocycles. The van der Waals surface area contributed by atoms with E-state index in [1.54, 1.807) is 38.0 Å². The molecular formula is C54H70N8O8. The molecule has 5 heterocycles. The lowest BCUT2D eigenvalue weighted by Gasteiger charge is -2.36. The molecule has 3 aliphatic rings. The van der Waals surface area contributed by atoms with Gasteiger partial charge in [0.1, 0.15) is 23.5 Å². The van der Waals surface area contributed by atoms with Gasteiger partial charge in [0.25, 0.3) is 11.8 Å². The number of aromatic hydroxyl groups is 1. The highest BCUT2D eigenvalue weighted by Gasteiger charge is 2.38. The van der Waals surface area contributed by atoms with Crippen molar-refractivity contribution in [2.24, 2.45) is 11.3 Å². The van der Waals surface area contributed by atoms with Gasteiger partial charge in [-0.3, -0.25) is 34.0 Å². The van der Waals surface area contributed by atoms with Gasteiger partial charge in [-0.25, -0.2) is 5.43 Å². The van der Waals surface area contributed by atoms with Crippen LogP contribution in [0.4, 0.5) is 0 Å². The van der Waals surface area contributed by atoms with E-state index in [4.69, 9.17) is 14.5 Å². The number of phenolic OH excluding ortho intramolecular Hbond substituents is 1. The van der Waals surface area contributed by atoms with Gasteiger partial charge in [-0.05, 0) is 137 Å². The molecule has 2 fully saturated rings. The minimum absolute atomic E-state index is 0.0237. The number of likely N-dealkylation sites (N-methyl/N-ethyl adjacent to an activating group) is 1. The number of likely N-dealkylation sites (tertiary alicyclic amines) is 1. The van der Waals surface area contributed by atoms with Crippen LogP contribution in [0.1, 0.15) is 89.3 Å². The number of hydrazine groups is 1. The topological polar surface area (TPSA) is 179 Å². The third-order valence-electron chi connectivity index (χ3n) is 13.7. The fourth-order valence-electron chi connectivity index (χ4n) is 10.2. The lowest BCUT2D eigenvalue weighted by atomic mass is 9.84. The monoisotopic (exact) mass is 959 g/mol. The number of hydrogen-bond donors (Lipinski definition) is 3. The number of nitrogens with one attached hydrogen (secondary N) is 2. The molecule has 16 heteroatoms. The Morgan fingerprint density at radius 2 is 1.83 bits per heavy atom. The largest absolute Gasteiger partial charge is 0.508 e. The number of methoxy groups -OCH3 is 1. The molecule has 7 rings (SSSR count). The highest BCUT2D eigenvalue weighted by molar-refractivity contribution is 6.01. The average Bonchev–Trinajstić information content (AvgIpc) is 3.94. The fourth-order valence-corrected chi connectivity index (χ4v) is 10.2. The molecule has 4 aromatic rings. The van der Waals surface area contributed by atoms with Crippen molar-refractivity contribution in [3.8, 4) is 28.1 Å². The summed E-state index contributed by atoms with van der Waals surface area (Å²) >= 11 is 0. The summed E-state index contributed by atoms with van der Waals surface area (Å²) in [5.74, 6) is -2.79. The molecule has 0 unspecified atom stereocenters. The zero-order chi connectivity index (χ0) is 50.8. The number of rotatable bonds is 11. The first-order valence-corrected chi connectivity index (χ1v) is 24.3. The second-order valence-electron chi connectivity index (χ2n) is 20.3. The van der Waals surface area contributed by atoms with Gasteiger partial charge in [-0.2, -0.15) is 0 Å². The van der Waals surface area contributed by atoms with Gasteiger partial charge >= 0.3 is 5.97 Å². The van der Waals surface area contributed by atoms with Gasteiger partial charge in [0.2, 0.25) is 11.8 Å². The number of aromatic nitrogens is 2. The number of carbonyl (C=O) groups excluding carboxylic acids is 5. The van der Waals surface area contributed by atoms with Crippen molar-refractivity contribution in [2.75, 3.05) is 54.5 Å². The summed E-state index contributed by atoms with van der Waals surface area (Å²) in [6, 6.07) is 11.6. The number of phenols is 1. The Morgan fingerprint density at radius 3 is 2.51 bits per heavy atom. The first-order valence-electron chi connectivity index (χ1n) is 24.3. The highest BCUT2D eigenvalue weighted by atomic mass is 16.5. The summed E-state index contributed by atoms with van der Waals surface area (Å²) < 4.78 is 14.4. The highest BCUT2D eigenvalue weighted by Crippen LogP contribution is 2.43. The summed E-state index contributed by atoms with van der Waals surface area (Å²) in [4.78, 5) is 79.6. The third-order valence-corrected chi connectivity index (χ3v) is 13.7. The maximum absolute atomic E-state index is 14.8. The van der Waals surface area contributed by atoms with Gasteiger partial charge in [0.15, 0.2) is 0 Å². The number of benzene rings is 2. The number of allylic oxidation sites excluding steroid dienone is 1. The number of esters is 1. The van der Waals surface area contributed by atoms with Crippen LogP contribution in [-0.4, -0.2) is 131 Å². The van der Waals surface area contributed by atoms with Crippen LogP contribution >= 0.6 is 0 Å². The molecular weight excluding hydrogens is 889 g/mol. The van der Waals surface area contributed by atoms with Gasteiger partial charge in [-0.15, -0.1) is 0 Å². The van der Waals surface area contributed by atoms with E-state index >= 15 is 0 Å². The van der Waals surface area contributed by atoms with Crippen molar-refractivity contribution < 1.29 is 38.6 Å². The number of hydrogen-bond acceptors (Lipinski definition) is 11.